The normalized spacial score (nSPS) is 10.7. The zero-order valence-electron chi connectivity index (χ0n) is 21.0. The number of methoxy groups -OCH3 is 3. The van der Waals surface area contributed by atoms with Gasteiger partial charge in [-0.3, -0.25) is 9.78 Å². The van der Waals surface area contributed by atoms with E-state index in [4.69, 9.17) is 14.2 Å². The van der Waals surface area contributed by atoms with Gasteiger partial charge in [0, 0.05) is 47.2 Å². The minimum Gasteiger partial charge on any atom is -0.493 e. The van der Waals surface area contributed by atoms with Crippen LogP contribution in [-0.2, 0) is 4.79 Å². The third-order valence-electron chi connectivity index (χ3n) is 5.51. The molecule has 0 aliphatic heterocycles. The fourth-order valence-electron chi connectivity index (χ4n) is 3.65. The zero-order chi connectivity index (χ0) is 26.2. The van der Waals surface area contributed by atoms with Crippen molar-refractivity contribution in [2.24, 2.45) is 0 Å². The molecule has 2 aromatic heterocycles. The minimum atomic E-state index is -0.304. The highest BCUT2D eigenvalue weighted by Gasteiger charge is 2.14. The van der Waals surface area contributed by atoms with Gasteiger partial charge in [-0.1, -0.05) is 6.07 Å². The van der Waals surface area contributed by atoms with Crippen molar-refractivity contribution in [3.63, 3.8) is 0 Å². The second-order valence-corrected chi connectivity index (χ2v) is 7.91. The Kier molecular flexibility index (Phi) is 7.95. The van der Waals surface area contributed by atoms with Crippen molar-refractivity contribution >= 4 is 29.3 Å². The highest BCUT2D eigenvalue weighted by molar-refractivity contribution is 6.02. The number of carbonyl (C=O) groups excluding carboxylic acids is 1. The SMILES string of the molecule is COc1ccc(/C=C/C(=O)Nc2ccc(C)c(Nc3nccc(-c4cccnc4)n3)c2)c(OC)c1OC. The summed E-state index contributed by atoms with van der Waals surface area (Å²) in [5.74, 6) is 1.60. The Morgan fingerprint density at radius 3 is 2.51 bits per heavy atom. The summed E-state index contributed by atoms with van der Waals surface area (Å²) in [6.45, 7) is 1.96. The Labute approximate surface area is 215 Å². The Hall–Kier alpha value is -4.92. The lowest BCUT2D eigenvalue weighted by atomic mass is 10.1. The summed E-state index contributed by atoms with van der Waals surface area (Å²) in [5, 5.41) is 6.12. The number of anilines is 3. The molecule has 4 rings (SSSR count). The number of aryl methyl sites for hydroxylation is 1. The fourth-order valence-corrected chi connectivity index (χ4v) is 3.65. The molecule has 0 radical (unpaired) electrons. The highest BCUT2D eigenvalue weighted by atomic mass is 16.5. The van der Waals surface area contributed by atoms with Crippen molar-refractivity contribution in [1.82, 2.24) is 15.0 Å². The van der Waals surface area contributed by atoms with Crippen molar-refractivity contribution in [1.29, 1.82) is 0 Å². The van der Waals surface area contributed by atoms with Crippen LogP contribution in [0.5, 0.6) is 17.2 Å². The average Bonchev–Trinajstić information content (AvgIpc) is 2.93. The fraction of sp³-hybridized carbons (Fsp3) is 0.143. The average molecular weight is 498 g/mol. The first kappa shape index (κ1) is 25.2. The summed E-state index contributed by atoms with van der Waals surface area (Å²) >= 11 is 0. The molecule has 0 bridgehead atoms. The van der Waals surface area contributed by atoms with Crippen molar-refractivity contribution in [3.05, 3.63) is 84.3 Å². The van der Waals surface area contributed by atoms with Gasteiger partial charge in [-0.25, -0.2) is 9.97 Å². The number of hydrogen-bond donors (Lipinski definition) is 2. The molecule has 0 aliphatic carbocycles. The number of amides is 1. The standard InChI is InChI=1S/C28H27N5O4/c1-18-7-10-21(16-23(18)33-28-30-15-13-22(32-28)20-6-5-14-29-17-20)31-25(34)12-9-19-8-11-24(35-2)27(37-4)26(19)36-3/h5-17H,1-4H3,(H,31,34)(H,30,32,33)/b12-9+. The topological polar surface area (TPSA) is 107 Å². The molecule has 0 aliphatic rings. The largest absolute Gasteiger partial charge is 0.493 e. The molecule has 9 nitrogen and oxygen atoms in total. The molecular formula is C28H27N5O4. The quantitative estimate of drug-likeness (QED) is 0.301. The van der Waals surface area contributed by atoms with Crippen molar-refractivity contribution < 1.29 is 19.0 Å². The first-order chi connectivity index (χ1) is 18.0. The molecule has 0 saturated heterocycles. The molecule has 2 heterocycles. The maximum Gasteiger partial charge on any atom is 0.248 e. The van der Waals surface area contributed by atoms with Gasteiger partial charge in [-0.15, -0.1) is 0 Å². The van der Waals surface area contributed by atoms with E-state index in [9.17, 15) is 4.79 Å². The summed E-state index contributed by atoms with van der Waals surface area (Å²) in [6.07, 6.45) is 8.23. The van der Waals surface area contributed by atoms with Gasteiger partial charge in [-0.2, -0.15) is 0 Å². The molecule has 4 aromatic rings. The van der Waals surface area contributed by atoms with Crippen LogP contribution in [0.3, 0.4) is 0 Å². The summed E-state index contributed by atoms with van der Waals surface area (Å²) < 4.78 is 16.2. The van der Waals surface area contributed by atoms with Crippen LogP contribution in [0.4, 0.5) is 17.3 Å². The lowest BCUT2D eigenvalue weighted by molar-refractivity contribution is -0.111. The van der Waals surface area contributed by atoms with Crippen LogP contribution in [-0.4, -0.2) is 42.2 Å². The lowest BCUT2D eigenvalue weighted by Gasteiger charge is -2.14. The van der Waals surface area contributed by atoms with Gasteiger partial charge in [0.25, 0.3) is 0 Å². The van der Waals surface area contributed by atoms with Crippen LogP contribution in [0.25, 0.3) is 17.3 Å². The third kappa shape index (κ3) is 6.02. The van der Waals surface area contributed by atoms with E-state index in [0.29, 0.717) is 34.4 Å². The van der Waals surface area contributed by atoms with Gasteiger partial charge in [0.05, 0.1) is 27.0 Å². The van der Waals surface area contributed by atoms with Gasteiger partial charge in [-0.05, 0) is 61.0 Å². The van der Waals surface area contributed by atoms with Gasteiger partial charge >= 0.3 is 0 Å². The van der Waals surface area contributed by atoms with E-state index >= 15 is 0 Å². The zero-order valence-corrected chi connectivity index (χ0v) is 21.0. The number of rotatable bonds is 9. The molecule has 0 saturated carbocycles. The van der Waals surface area contributed by atoms with E-state index in [-0.39, 0.29) is 5.91 Å². The maximum absolute atomic E-state index is 12.7. The van der Waals surface area contributed by atoms with E-state index in [1.54, 1.807) is 43.9 Å². The summed E-state index contributed by atoms with van der Waals surface area (Å²) in [4.78, 5) is 25.7. The summed E-state index contributed by atoms with van der Waals surface area (Å²) in [5.41, 5.74) is 4.68. The number of nitrogens with one attached hydrogen (secondary N) is 2. The van der Waals surface area contributed by atoms with Gasteiger partial charge < -0.3 is 24.8 Å². The van der Waals surface area contributed by atoms with Gasteiger partial charge in [0.2, 0.25) is 17.6 Å². The highest BCUT2D eigenvalue weighted by Crippen LogP contribution is 2.40. The number of benzene rings is 2. The van der Waals surface area contributed by atoms with E-state index in [0.717, 1.165) is 22.5 Å². The molecule has 0 unspecified atom stereocenters. The molecular weight excluding hydrogens is 470 g/mol. The van der Waals surface area contributed by atoms with Crippen LogP contribution >= 0.6 is 0 Å². The molecule has 9 heteroatoms. The second kappa shape index (κ2) is 11.7. The van der Waals surface area contributed by atoms with Crippen LogP contribution in [0.15, 0.2) is 73.2 Å². The molecule has 2 aromatic carbocycles. The lowest BCUT2D eigenvalue weighted by Crippen LogP contribution is -2.08. The number of carbonyl (C=O) groups is 1. The van der Waals surface area contributed by atoms with Crippen LogP contribution in [0.2, 0.25) is 0 Å². The van der Waals surface area contributed by atoms with Crippen LogP contribution in [0.1, 0.15) is 11.1 Å². The van der Waals surface area contributed by atoms with Crippen molar-refractivity contribution in [2.45, 2.75) is 6.92 Å². The maximum atomic E-state index is 12.7. The van der Waals surface area contributed by atoms with E-state index in [1.165, 1.54) is 20.3 Å². The van der Waals surface area contributed by atoms with E-state index in [2.05, 4.69) is 25.6 Å². The summed E-state index contributed by atoms with van der Waals surface area (Å²) in [6, 6.07) is 14.7. The van der Waals surface area contributed by atoms with Gasteiger partial charge in [0.1, 0.15) is 0 Å². The number of hydrogen-bond acceptors (Lipinski definition) is 8. The number of pyridine rings is 1. The third-order valence-corrected chi connectivity index (χ3v) is 5.51. The first-order valence-corrected chi connectivity index (χ1v) is 11.4. The van der Waals surface area contributed by atoms with E-state index < -0.39 is 0 Å². The van der Waals surface area contributed by atoms with Crippen LogP contribution in [0, 0.1) is 6.92 Å². The second-order valence-electron chi connectivity index (χ2n) is 7.91. The van der Waals surface area contributed by atoms with Crippen molar-refractivity contribution in [2.75, 3.05) is 32.0 Å². The number of ether oxygens (including phenoxy) is 3. The van der Waals surface area contributed by atoms with Crippen molar-refractivity contribution in [3.8, 4) is 28.5 Å². The molecule has 0 atom stereocenters. The molecule has 0 spiro atoms. The number of aromatic nitrogens is 3. The first-order valence-electron chi connectivity index (χ1n) is 11.4. The molecule has 1 amide bonds. The molecule has 2 N–H and O–H groups in total. The molecule has 37 heavy (non-hydrogen) atoms. The molecule has 0 fully saturated rings. The Morgan fingerprint density at radius 1 is 0.946 bits per heavy atom. The Morgan fingerprint density at radius 2 is 1.78 bits per heavy atom. The minimum absolute atomic E-state index is 0.304. The smallest absolute Gasteiger partial charge is 0.248 e. The number of nitrogens with zero attached hydrogens (tertiary/aromatic N) is 3. The Bertz CT molecular complexity index is 1420. The summed E-state index contributed by atoms with van der Waals surface area (Å²) in [7, 11) is 4.62. The van der Waals surface area contributed by atoms with E-state index in [1.807, 2.05) is 43.3 Å². The van der Waals surface area contributed by atoms with Crippen LogP contribution < -0.4 is 24.8 Å². The van der Waals surface area contributed by atoms with Gasteiger partial charge in [0.15, 0.2) is 11.5 Å². The molecule has 188 valence electrons. The predicted octanol–water partition coefficient (Wildman–Crippen LogP) is 5.27. The Balaban J connectivity index is 1.49. The monoisotopic (exact) mass is 497 g/mol. The predicted molar refractivity (Wildman–Crippen MR) is 143 cm³/mol.